The van der Waals surface area contributed by atoms with Crippen molar-refractivity contribution in [2.75, 3.05) is 45.1 Å². The van der Waals surface area contributed by atoms with Crippen LogP contribution < -0.4 is 10.6 Å². The fourth-order valence-electron chi connectivity index (χ4n) is 2.95. The molecular formula is C21H24N4O3. The summed E-state index contributed by atoms with van der Waals surface area (Å²) in [5.74, 6) is -0.632. The Morgan fingerprint density at radius 3 is 2.14 bits per heavy atom. The van der Waals surface area contributed by atoms with E-state index < -0.39 is 0 Å². The number of piperazine rings is 1. The van der Waals surface area contributed by atoms with Gasteiger partial charge in [-0.3, -0.25) is 14.4 Å². The first-order valence-corrected chi connectivity index (χ1v) is 9.24. The number of amides is 3. The van der Waals surface area contributed by atoms with Gasteiger partial charge in [0.15, 0.2) is 0 Å². The highest BCUT2D eigenvalue weighted by Crippen LogP contribution is 2.13. The van der Waals surface area contributed by atoms with E-state index in [-0.39, 0.29) is 24.3 Å². The van der Waals surface area contributed by atoms with Gasteiger partial charge in [-0.1, -0.05) is 18.2 Å². The smallest absolute Gasteiger partial charge is 0.253 e. The van der Waals surface area contributed by atoms with E-state index in [0.717, 1.165) is 26.2 Å². The molecule has 1 fully saturated rings. The summed E-state index contributed by atoms with van der Waals surface area (Å²) < 4.78 is 0. The summed E-state index contributed by atoms with van der Waals surface area (Å²) in [6.07, 6.45) is 0. The average molecular weight is 380 g/mol. The predicted octanol–water partition coefficient (Wildman–Crippen LogP) is 1.44. The SMILES string of the molecule is CN1CCN(C(=O)c2ccc(NC(=O)CNC(=O)c3ccccc3)cc2)CC1. The summed E-state index contributed by atoms with van der Waals surface area (Å²) in [5, 5.41) is 5.29. The Kier molecular flexibility index (Phi) is 6.39. The summed E-state index contributed by atoms with van der Waals surface area (Å²) in [5.41, 5.74) is 1.68. The summed E-state index contributed by atoms with van der Waals surface area (Å²) in [7, 11) is 2.04. The van der Waals surface area contributed by atoms with Crippen molar-refractivity contribution in [1.82, 2.24) is 15.1 Å². The van der Waals surface area contributed by atoms with Gasteiger partial charge in [0.1, 0.15) is 0 Å². The molecular weight excluding hydrogens is 356 g/mol. The average Bonchev–Trinajstić information content (AvgIpc) is 2.73. The van der Waals surface area contributed by atoms with Gasteiger partial charge in [0.2, 0.25) is 5.91 Å². The van der Waals surface area contributed by atoms with E-state index in [9.17, 15) is 14.4 Å². The molecule has 1 saturated heterocycles. The Balaban J connectivity index is 1.49. The van der Waals surface area contributed by atoms with Crippen LogP contribution in [0.5, 0.6) is 0 Å². The van der Waals surface area contributed by atoms with Gasteiger partial charge in [0.05, 0.1) is 6.54 Å². The lowest BCUT2D eigenvalue weighted by Gasteiger charge is -2.32. The molecule has 0 bridgehead atoms. The van der Waals surface area contributed by atoms with E-state index in [1.54, 1.807) is 48.5 Å². The third-order valence-electron chi connectivity index (χ3n) is 4.65. The number of nitrogens with zero attached hydrogens (tertiary/aromatic N) is 2. The maximum atomic E-state index is 12.5. The molecule has 0 aromatic heterocycles. The van der Waals surface area contributed by atoms with Gasteiger partial charge in [-0.05, 0) is 43.4 Å². The minimum atomic E-state index is -0.331. The molecule has 0 aliphatic carbocycles. The molecule has 0 spiro atoms. The van der Waals surface area contributed by atoms with Gasteiger partial charge >= 0.3 is 0 Å². The Morgan fingerprint density at radius 1 is 0.857 bits per heavy atom. The lowest BCUT2D eigenvalue weighted by molar-refractivity contribution is -0.115. The Morgan fingerprint density at radius 2 is 1.50 bits per heavy atom. The summed E-state index contributed by atoms with van der Waals surface area (Å²) in [4.78, 5) is 40.6. The summed E-state index contributed by atoms with van der Waals surface area (Å²) >= 11 is 0. The van der Waals surface area contributed by atoms with Gasteiger partial charge < -0.3 is 20.4 Å². The van der Waals surface area contributed by atoms with Crippen LogP contribution in [0, 0.1) is 0 Å². The Hall–Kier alpha value is -3.19. The van der Waals surface area contributed by atoms with Crippen LogP contribution in [0.2, 0.25) is 0 Å². The molecule has 3 amide bonds. The second-order valence-electron chi connectivity index (χ2n) is 6.77. The zero-order valence-electron chi connectivity index (χ0n) is 15.9. The molecule has 1 heterocycles. The van der Waals surface area contributed by atoms with E-state index in [0.29, 0.717) is 16.8 Å². The molecule has 7 nitrogen and oxygen atoms in total. The number of carbonyl (C=O) groups excluding carboxylic acids is 3. The monoisotopic (exact) mass is 380 g/mol. The number of nitrogens with one attached hydrogen (secondary N) is 2. The van der Waals surface area contributed by atoms with Crippen LogP contribution in [0.4, 0.5) is 5.69 Å². The number of hydrogen-bond donors (Lipinski definition) is 2. The number of carbonyl (C=O) groups is 3. The van der Waals surface area contributed by atoms with Crippen LogP contribution in [-0.2, 0) is 4.79 Å². The van der Waals surface area contributed by atoms with Gasteiger partial charge in [0, 0.05) is 43.0 Å². The van der Waals surface area contributed by atoms with Crippen molar-refractivity contribution in [1.29, 1.82) is 0 Å². The largest absolute Gasteiger partial charge is 0.343 e. The van der Waals surface area contributed by atoms with Crippen LogP contribution >= 0.6 is 0 Å². The molecule has 2 aromatic carbocycles. The van der Waals surface area contributed by atoms with Crippen molar-refractivity contribution in [3.8, 4) is 0 Å². The first-order valence-electron chi connectivity index (χ1n) is 9.24. The third kappa shape index (κ3) is 5.17. The van der Waals surface area contributed by atoms with Crippen molar-refractivity contribution in [2.45, 2.75) is 0 Å². The maximum Gasteiger partial charge on any atom is 0.253 e. The van der Waals surface area contributed by atoms with Crippen molar-refractivity contribution in [2.24, 2.45) is 0 Å². The van der Waals surface area contributed by atoms with Crippen molar-refractivity contribution in [3.05, 3.63) is 65.7 Å². The van der Waals surface area contributed by atoms with Crippen LogP contribution in [0.15, 0.2) is 54.6 Å². The fraction of sp³-hybridized carbons (Fsp3) is 0.286. The standard InChI is InChI=1S/C21H24N4O3/c1-24-11-13-25(14-12-24)21(28)17-7-9-18(10-8-17)23-19(26)15-22-20(27)16-5-3-2-4-6-16/h2-10H,11-15H2,1H3,(H,22,27)(H,23,26). The van der Waals surface area contributed by atoms with Crippen molar-refractivity contribution >= 4 is 23.4 Å². The number of likely N-dealkylation sites (N-methyl/N-ethyl adjacent to an activating group) is 1. The Bertz CT molecular complexity index is 828. The van der Waals surface area contributed by atoms with E-state index in [1.165, 1.54) is 0 Å². The molecule has 2 N–H and O–H groups in total. The minimum absolute atomic E-state index is 0.00102. The highest BCUT2D eigenvalue weighted by atomic mass is 16.2. The first-order chi connectivity index (χ1) is 13.5. The molecule has 0 radical (unpaired) electrons. The first kappa shape index (κ1) is 19.6. The topological polar surface area (TPSA) is 81.8 Å². The van der Waals surface area contributed by atoms with Gasteiger partial charge in [-0.25, -0.2) is 0 Å². The highest BCUT2D eigenvalue weighted by Gasteiger charge is 2.20. The van der Waals surface area contributed by atoms with Crippen LogP contribution in [0.3, 0.4) is 0 Å². The van der Waals surface area contributed by atoms with E-state index >= 15 is 0 Å². The van der Waals surface area contributed by atoms with Gasteiger partial charge in [0.25, 0.3) is 11.8 Å². The van der Waals surface area contributed by atoms with Gasteiger partial charge in [-0.2, -0.15) is 0 Å². The molecule has 2 aromatic rings. The number of hydrogen-bond acceptors (Lipinski definition) is 4. The molecule has 1 aliphatic heterocycles. The minimum Gasteiger partial charge on any atom is -0.343 e. The van der Waals surface area contributed by atoms with Gasteiger partial charge in [-0.15, -0.1) is 0 Å². The Labute approximate surface area is 164 Å². The van der Waals surface area contributed by atoms with Crippen LogP contribution in [0.25, 0.3) is 0 Å². The molecule has 0 saturated carbocycles. The zero-order valence-corrected chi connectivity index (χ0v) is 15.9. The fourth-order valence-corrected chi connectivity index (χ4v) is 2.95. The quantitative estimate of drug-likeness (QED) is 0.823. The number of anilines is 1. The van der Waals surface area contributed by atoms with E-state index in [1.807, 2.05) is 18.0 Å². The van der Waals surface area contributed by atoms with Crippen molar-refractivity contribution in [3.63, 3.8) is 0 Å². The predicted molar refractivity (Wildman–Crippen MR) is 107 cm³/mol. The lowest BCUT2D eigenvalue weighted by Crippen LogP contribution is -2.47. The second kappa shape index (κ2) is 9.14. The summed E-state index contributed by atoms with van der Waals surface area (Å²) in [6.45, 7) is 3.04. The number of rotatable bonds is 5. The van der Waals surface area contributed by atoms with E-state index in [4.69, 9.17) is 0 Å². The second-order valence-corrected chi connectivity index (χ2v) is 6.77. The molecule has 0 unspecified atom stereocenters. The molecule has 1 aliphatic rings. The molecule has 146 valence electrons. The highest BCUT2D eigenvalue weighted by molar-refractivity contribution is 5.99. The normalized spacial score (nSPS) is 14.4. The third-order valence-corrected chi connectivity index (χ3v) is 4.65. The van der Waals surface area contributed by atoms with E-state index in [2.05, 4.69) is 15.5 Å². The van der Waals surface area contributed by atoms with Crippen LogP contribution in [0.1, 0.15) is 20.7 Å². The maximum absolute atomic E-state index is 12.5. The zero-order chi connectivity index (χ0) is 19.9. The number of benzene rings is 2. The van der Waals surface area contributed by atoms with Crippen LogP contribution in [-0.4, -0.2) is 67.3 Å². The molecule has 3 rings (SSSR count). The molecule has 0 atom stereocenters. The lowest BCUT2D eigenvalue weighted by atomic mass is 10.1. The molecule has 7 heteroatoms. The summed E-state index contributed by atoms with van der Waals surface area (Å²) in [6, 6.07) is 15.5. The molecule has 28 heavy (non-hydrogen) atoms. The van der Waals surface area contributed by atoms with Crippen molar-refractivity contribution < 1.29 is 14.4 Å².